The lowest BCUT2D eigenvalue weighted by Gasteiger charge is -2.18. The molecule has 0 bridgehead atoms. The first-order valence-electron chi connectivity index (χ1n) is 5.95. The van der Waals surface area contributed by atoms with E-state index in [2.05, 4.69) is 10.5 Å². The van der Waals surface area contributed by atoms with Gasteiger partial charge in [0.2, 0.25) is 5.91 Å². The minimum atomic E-state index is -0.0886. The van der Waals surface area contributed by atoms with Crippen LogP contribution in [0.15, 0.2) is 5.16 Å². The summed E-state index contributed by atoms with van der Waals surface area (Å²) in [4.78, 5) is 11.9. The Balaban J connectivity index is 2.42. The molecule has 4 N–H and O–H groups in total. The Kier molecular flexibility index (Phi) is 5.21. The van der Waals surface area contributed by atoms with E-state index in [1.165, 1.54) is 0 Å². The highest BCUT2D eigenvalue weighted by Gasteiger charge is 2.29. The van der Waals surface area contributed by atoms with Crippen LogP contribution in [0, 0.1) is 5.92 Å². The number of hydrogen-bond acceptors (Lipinski definition) is 4. The average molecular weight is 243 g/mol. The Hall–Kier alpha value is -1.30. The molecule has 1 saturated heterocycles. The highest BCUT2D eigenvalue weighted by molar-refractivity contribution is 5.83. The van der Waals surface area contributed by atoms with Crippen LogP contribution in [0.4, 0.5) is 0 Å². The van der Waals surface area contributed by atoms with E-state index < -0.39 is 0 Å². The summed E-state index contributed by atoms with van der Waals surface area (Å²) >= 11 is 0. The molecule has 6 nitrogen and oxygen atoms in total. The van der Waals surface area contributed by atoms with Gasteiger partial charge in [-0.25, -0.2) is 0 Å². The van der Waals surface area contributed by atoms with Crippen molar-refractivity contribution in [2.75, 3.05) is 6.61 Å². The van der Waals surface area contributed by atoms with E-state index in [1.807, 2.05) is 13.8 Å². The van der Waals surface area contributed by atoms with Crippen LogP contribution in [0.5, 0.6) is 0 Å². The molecule has 0 radical (unpaired) electrons. The van der Waals surface area contributed by atoms with Crippen molar-refractivity contribution in [3.63, 3.8) is 0 Å². The zero-order chi connectivity index (χ0) is 12.8. The van der Waals surface area contributed by atoms with Gasteiger partial charge in [-0.2, -0.15) is 0 Å². The maximum Gasteiger partial charge on any atom is 0.225 e. The number of amides is 1. The van der Waals surface area contributed by atoms with Gasteiger partial charge in [-0.15, -0.1) is 0 Å². The predicted molar refractivity (Wildman–Crippen MR) is 63.8 cm³/mol. The van der Waals surface area contributed by atoms with Gasteiger partial charge in [0.15, 0.2) is 0 Å². The lowest BCUT2D eigenvalue weighted by Crippen LogP contribution is -2.41. The van der Waals surface area contributed by atoms with Gasteiger partial charge in [-0.1, -0.05) is 12.1 Å². The van der Waals surface area contributed by atoms with E-state index in [1.54, 1.807) is 0 Å². The van der Waals surface area contributed by atoms with Crippen LogP contribution in [-0.4, -0.2) is 35.7 Å². The summed E-state index contributed by atoms with van der Waals surface area (Å²) in [7, 11) is 0. The quantitative estimate of drug-likeness (QED) is 0.282. The van der Waals surface area contributed by atoms with Crippen LogP contribution in [0.1, 0.15) is 33.1 Å². The number of carbonyl (C=O) groups is 1. The van der Waals surface area contributed by atoms with Crippen molar-refractivity contribution < 1.29 is 14.7 Å². The topological polar surface area (TPSA) is 96.9 Å². The summed E-state index contributed by atoms with van der Waals surface area (Å²) in [5, 5.41) is 14.3. The molecule has 6 heteroatoms. The Morgan fingerprint density at radius 2 is 2.41 bits per heavy atom. The minimum absolute atomic E-state index is 0.00746. The predicted octanol–water partition coefficient (Wildman–Crippen LogP) is 0.443. The fourth-order valence-corrected chi connectivity index (χ4v) is 1.91. The molecule has 1 aliphatic rings. The summed E-state index contributed by atoms with van der Waals surface area (Å²) in [5.41, 5.74) is 5.42. The van der Waals surface area contributed by atoms with E-state index in [0.29, 0.717) is 13.0 Å². The molecule has 0 aromatic carbocycles. The number of carbonyl (C=O) groups excluding carboxylic acids is 1. The van der Waals surface area contributed by atoms with Gasteiger partial charge in [0.05, 0.1) is 18.6 Å². The molecule has 98 valence electrons. The van der Waals surface area contributed by atoms with Crippen molar-refractivity contribution in [1.82, 2.24) is 5.32 Å². The van der Waals surface area contributed by atoms with E-state index in [-0.39, 0.29) is 29.8 Å². The monoisotopic (exact) mass is 243 g/mol. The zero-order valence-corrected chi connectivity index (χ0v) is 10.3. The first-order chi connectivity index (χ1) is 8.06. The van der Waals surface area contributed by atoms with E-state index in [4.69, 9.17) is 15.7 Å². The zero-order valence-electron chi connectivity index (χ0n) is 10.3. The number of amidine groups is 1. The van der Waals surface area contributed by atoms with E-state index in [9.17, 15) is 4.79 Å². The molecule has 1 rings (SSSR count). The molecule has 0 saturated carbocycles. The number of rotatable bonds is 5. The summed E-state index contributed by atoms with van der Waals surface area (Å²) in [6.07, 6.45) is 2.01. The molecule has 0 aliphatic carbocycles. The Morgan fingerprint density at radius 3 is 2.88 bits per heavy atom. The maximum absolute atomic E-state index is 11.9. The Labute approximate surface area is 101 Å². The van der Waals surface area contributed by atoms with Crippen LogP contribution in [-0.2, 0) is 9.53 Å². The maximum atomic E-state index is 11.9. The average Bonchev–Trinajstić information content (AvgIpc) is 2.74. The second-order valence-corrected chi connectivity index (χ2v) is 4.49. The SMILES string of the molecule is CCC(CC(N)=NO)NC(=O)C1COC(C)C1. The third-order valence-electron chi connectivity index (χ3n) is 2.99. The smallest absolute Gasteiger partial charge is 0.225 e. The highest BCUT2D eigenvalue weighted by atomic mass is 16.5. The van der Waals surface area contributed by atoms with E-state index >= 15 is 0 Å². The van der Waals surface area contributed by atoms with Crippen LogP contribution in [0.2, 0.25) is 0 Å². The van der Waals surface area contributed by atoms with Crippen molar-refractivity contribution in [1.29, 1.82) is 0 Å². The van der Waals surface area contributed by atoms with Crippen molar-refractivity contribution >= 4 is 11.7 Å². The Morgan fingerprint density at radius 1 is 1.71 bits per heavy atom. The highest BCUT2D eigenvalue weighted by Crippen LogP contribution is 2.19. The summed E-state index contributed by atoms with van der Waals surface area (Å²) in [6.45, 7) is 4.39. The van der Waals surface area contributed by atoms with Crippen LogP contribution < -0.4 is 11.1 Å². The molecule has 1 aliphatic heterocycles. The summed E-state index contributed by atoms with van der Waals surface area (Å²) < 4.78 is 5.35. The molecule has 3 atom stereocenters. The summed E-state index contributed by atoms with van der Waals surface area (Å²) in [6, 6.07) is -0.0886. The van der Waals surface area contributed by atoms with Crippen molar-refractivity contribution in [3.05, 3.63) is 0 Å². The lowest BCUT2D eigenvalue weighted by atomic mass is 10.0. The van der Waals surface area contributed by atoms with Crippen LogP contribution in [0.3, 0.4) is 0 Å². The number of nitrogens with zero attached hydrogens (tertiary/aromatic N) is 1. The van der Waals surface area contributed by atoms with Gasteiger partial charge in [-0.3, -0.25) is 4.79 Å². The first kappa shape index (κ1) is 13.8. The largest absolute Gasteiger partial charge is 0.409 e. The minimum Gasteiger partial charge on any atom is -0.409 e. The molecule has 1 fully saturated rings. The number of oxime groups is 1. The third kappa shape index (κ3) is 4.22. The molecule has 0 aromatic rings. The number of ether oxygens (including phenoxy) is 1. The fraction of sp³-hybridized carbons (Fsp3) is 0.818. The molecular weight excluding hydrogens is 222 g/mol. The second-order valence-electron chi connectivity index (χ2n) is 4.49. The lowest BCUT2D eigenvalue weighted by molar-refractivity contribution is -0.125. The van der Waals surface area contributed by atoms with Crippen LogP contribution in [0.25, 0.3) is 0 Å². The van der Waals surface area contributed by atoms with Gasteiger partial charge < -0.3 is 21.0 Å². The first-order valence-corrected chi connectivity index (χ1v) is 5.95. The molecular formula is C11H21N3O3. The third-order valence-corrected chi connectivity index (χ3v) is 2.99. The van der Waals surface area contributed by atoms with Gasteiger partial charge in [0, 0.05) is 12.5 Å². The molecule has 17 heavy (non-hydrogen) atoms. The van der Waals surface area contributed by atoms with Crippen molar-refractivity contribution in [2.24, 2.45) is 16.8 Å². The standard InChI is InChI=1S/C11H21N3O3/c1-3-9(5-10(12)14-16)13-11(15)8-4-7(2)17-6-8/h7-9,16H,3-6H2,1-2H3,(H2,12,14)(H,13,15). The number of hydrogen-bond donors (Lipinski definition) is 3. The Bertz CT molecular complexity index is 294. The molecule has 3 unspecified atom stereocenters. The van der Waals surface area contributed by atoms with Crippen LogP contribution >= 0.6 is 0 Å². The van der Waals surface area contributed by atoms with Crippen molar-refractivity contribution in [3.8, 4) is 0 Å². The second kappa shape index (κ2) is 6.44. The summed E-state index contributed by atoms with van der Waals surface area (Å²) in [5.74, 6) is 0.0477. The van der Waals surface area contributed by atoms with E-state index in [0.717, 1.165) is 12.8 Å². The van der Waals surface area contributed by atoms with Crippen molar-refractivity contribution in [2.45, 2.75) is 45.3 Å². The van der Waals surface area contributed by atoms with Gasteiger partial charge in [0.1, 0.15) is 5.84 Å². The molecule has 1 amide bonds. The van der Waals surface area contributed by atoms with Gasteiger partial charge in [-0.05, 0) is 19.8 Å². The molecule has 0 aromatic heterocycles. The normalized spacial score (nSPS) is 26.8. The van der Waals surface area contributed by atoms with Gasteiger partial charge in [0.25, 0.3) is 0 Å². The number of nitrogens with one attached hydrogen (secondary N) is 1. The molecule has 0 spiro atoms. The number of nitrogens with two attached hydrogens (primary N) is 1. The fourth-order valence-electron chi connectivity index (χ4n) is 1.91. The molecule has 1 heterocycles. The van der Waals surface area contributed by atoms with Gasteiger partial charge >= 0.3 is 0 Å².